The van der Waals surface area contributed by atoms with Gasteiger partial charge >= 0.3 is 0 Å². The Bertz CT molecular complexity index is 105. The van der Waals surface area contributed by atoms with Gasteiger partial charge in [0, 0.05) is 6.04 Å². The van der Waals surface area contributed by atoms with E-state index in [0.29, 0.717) is 0 Å². The summed E-state index contributed by atoms with van der Waals surface area (Å²) < 4.78 is 0. The highest BCUT2D eigenvalue weighted by Gasteiger charge is 2.07. The van der Waals surface area contributed by atoms with Crippen LogP contribution in [0, 0.1) is 0 Å². The molecule has 0 heterocycles. The summed E-state index contributed by atoms with van der Waals surface area (Å²) in [4.78, 5) is 2.50. The molecule has 86 valence electrons. The monoisotopic (exact) mass is 200 g/mol. The standard InChI is InChI=1S/C12H28N2/c1-5-9-12(13-6-2)10-11-14(7-3)8-4/h12-13H,5-11H2,1-4H3. The molecule has 1 N–H and O–H groups in total. The number of nitrogens with zero attached hydrogens (tertiary/aromatic N) is 1. The molecule has 0 aromatic rings. The molecule has 0 spiro atoms. The third-order valence-electron chi connectivity index (χ3n) is 2.82. The summed E-state index contributed by atoms with van der Waals surface area (Å²) in [5.74, 6) is 0. The summed E-state index contributed by atoms with van der Waals surface area (Å²) in [5.41, 5.74) is 0. The van der Waals surface area contributed by atoms with E-state index in [9.17, 15) is 0 Å². The van der Waals surface area contributed by atoms with Gasteiger partial charge in [-0.1, -0.05) is 34.1 Å². The van der Waals surface area contributed by atoms with E-state index in [1.807, 2.05) is 0 Å². The fraction of sp³-hybridized carbons (Fsp3) is 1.00. The SMILES string of the molecule is CCCC(CCN(CC)CC)NCC. The lowest BCUT2D eigenvalue weighted by molar-refractivity contribution is 0.278. The van der Waals surface area contributed by atoms with Crippen molar-refractivity contribution in [2.75, 3.05) is 26.2 Å². The zero-order chi connectivity index (χ0) is 10.8. The molecule has 0 saturated carbocycles. The second-order valence-corrected chi connectivity index (χ2v) is 3.86. The third kappa shape index (κ3) is 6.39. The van der Waals surface area contributed by atoms with Gasteiger partial charge in [-0.15, -0.1) is 0 Å². The van der Waals surface area contributed by atoms with E-state index in [1.165, 1.54) is 38.9 Å². The highest BCUT2D eigenvalue weighted by molar-refractivity contribution is 4.67. The number of rotatable bonds is 9. The average Bonchev–Trinajstić information content (AvgIpc) is 2.20. The zero-order valence-electron chi connectivity index (χ0n) is 10.5. The second kappa shape index (κ2) is 9.47. The predicted octanol–water partition coefficient (Wildman–Crippen LogP) is 2.50. The Morgan fingerprint density at radius 1 is 1.00 bits per heavy atom. The van der Waals surface area contributed by atoms with Crippen molar-refractivity contribution in [2.24, 2.45) is 0 Å². The molecule has 1 atom stereocenters. The first kappa shape index (κ1) is 13.9. The first-order chi connectivity index (χ1) is 6.78. The van der Waals surface area contributed by atoms with Crippen LogP contribution in [0.15, 0.2) is 0 Å². The quantitative estimate of drug-likeness (QED) is 0.615. The van der Waals surface area contributed by atoms with Crippen molar-refractivity contribution in [1.29, 1.82) is 0 Å². The van der Waals surface area contributed by atoms with E-state index < -0.39 is 0 Å². The fourth-order valence-electron chi connectivity index (χ4n) is 1.86. The number of hydrogen-bond acceptors (Lipinski definition) is 2. The molecule has 1 unspecified atom stereocenters. The van der Waals surface area contributed by atoms with Gasteiger partial charge in [0.25, 0.3) is 0 Å². The van der Waals surface area contributed by atoms with Crippen molar-refractivity contribution >= 4 is 0 Å². The lowest BCUT2D eigenvalue weighted by Crippen LogP contribution is -2.34. The molecule has 0 radical (unpaired) electrons. The minimum Gasteiger partial charge on any atom is -0.314 e. The molecule has 0 aliphatic carbocycles. The van der Waals surface area contributed by atoms with Crippen LogP contribution < -0.4 is 5.32 Å². The van der Waals surface area contributed by atoms with E-state index in [4.69, 9.17) is 0 Å². The molecule has 2 heteroatoms. The van der Waals surface area contributed by atoms with Gasteiger partial charge in [-0.05, 0) is 39.0 Å². The maximum atomic E-state index is 3.56. The summed E-state index contributed by atoms with van der Waals surface area (Å²) in [6, 6.07) is 0.727. The fourth-order valence-corrected chi connectivity index (χ4v) is 1.86. The highest BCUT2D eigenvalue weighted by atomic mass is 15.1. The molecule has 0 bridgehead atoms. The molecule has 0 aromatic carbocycles. The van der Waals surface area contributed by atoms with Crippen LogP contribution >= 0.6 is 0 Å². The smallest absolute Gasteiger partial charge is 0.00790 e. The Morgan fingerprint density at radius 2 is 1.64 bits per heavy atom. The van der Waals surface area contributed by atoms with Crippen molar-refractivity contribution in [3.05, 3.63) is 0 Å². The maximum Gasteiger partial charge on any atom is 0.00790 e. The van der Waals surface area contributed by atoms with Crippen LogP contribution in [0.1, 0.15) is 47.0 Å². The van der Waals surface area contributed by atoms with Crippen LogP contribution in [0.2, 0.25) is 0 Å². The Kier molecular flexibility index (Phi) is 9.42. The van der Waals surface area contributed by atoms with E-state index in [0.717, 1.165) is 12.6 Å². The van der Waals surface area contributed by atoms with Crippen LogP contribution in [-0.2, 0) is 0 Å². The predicted molar refractivity (Wildman–Crippen MR) is 64.8 cm³/mol. The summed E-state index contributed by atoms with van der Waals surface area (Å²) >= 11 is 0. The summed E-state index contributed by atoms with van der Waals surface area (Å²) in [6.07, 6.45) is 3.90. The first-order valence-corrected chi connectivity index (χ1v) is 6.24. The summed E-state index contributed by atoms with van der Waals surface area (Å²) in [5, 5.41) is 3.56. The van der Waals surface area contributed by atoms with E-state index in [1.54, 1.807) is 0 Å². The van der Waals surface area contributed by atoms with Crippen molar-refractivity contribution in [2.45, 2.75) is 53.0 Å². The van der Waals surface area contributed by atoms with Crippen LogP contribution in [0.25, 0.3) is 0 Å². The molecule has 0 aliphatic heterocycles. The summed E-state index contributed by atoms with van der Waals surface area (Å²) in [7, 11) is 0. The van der Waals surface area contributed by atoms with E-state index >= 15 is 0 Å². The van der Waals surface area contributed by atoms with E-state index in [-0.39, 0.29) is 0 Å². The molecule has 0 rings (SSSR count). The van der Waals surface area contributed by atoms with Crippen LogP contribution in [0.3, 0.4) is 0 Å². The molecule has 14 heavy (non-hydrogen) atoms. The molecule has 0 saturated heterocycles. The Labute approximate surface area is 90.1 Å². The normalized spacial score (nSPS) is 13.5. The molecule has 0 fully saturated rings. The Morgan fingerprint density at radius 3 is 2.07 bits per heavy atom. The van der Waals surface area contributed by atoms with E-state index in [2.05, 4.69) is 37.9 Å². The molecular formula is C12H28N2. The van der Waals surface area contributed by atoms with Gasteiger partial charge in [0.2, 0.25) is 0 Å². The minimum absolute atomic E-state index is 0.727. The van der Waals surface area contributed by atoms with Gasteiger partial charge < -0.3 is 10.2 Å². The third-order valence-corrected chi connectivity index (χ3v) is 2.82. The van der Waals surface area contributed by atoms with Crippen molar-refractivity contribution in [1.82, 2.24) is 10.2 Å². The zero-order valence-corrected chi connectivity index (χ0v) is 10.5. The molecular weight excluding hydrogens is 172 g/mol. The molecule has 0 aromatic heterocycles. The molecule has 0 aliphatic rings. The van der Waals surface area contributed by atoms with Crippen molar-refractivity contribution in [3.63, 3.8) is 0 Å². The number of nitrogens with one attached hydrogen (secondary N) is 1. The lowest BCUT2D eigenvalue weighted by Gasteiger charge is -2.23. The van der Waals surface area contributed by atoms with Gasteiger partial charge in [0.1, 0.15) is 0 Å². The Hall–Kier alpha value is -0.0800. The van der Waals surface area contributed by atoms with Crippen molar-refractivity contribution in [3.8, 4) is 0 Å². The topological polar surface area (TPSA) is 15.3 Å². The van der Waals surface area contributed by atoms with Gasteiger partial charge in [0.15, 0.2) is 0 Å². The second-order valence-electron chi connectivity index (χ2n) is 3.86. The van der Waals surface area contributed by atoms with Gasteiger partial charge in [-0.25, -0.2) is 0 Å². The van der Waals surface area contributed by atoms with Gasteiger partial charge in [-0.2, -0.15) is 0 Å². The largest absolute Gasteiger partial charge is 0.314 e. The molecule has 2 nitrogen and oxygen atoms in total. The Balaban J connectivity index is 3.67. The summed E-state index contributed by atoms with van der Waals surface area (Å²) in [6.45, 7) is 13.6. The van der Waals surface area contributed by atoms with Crippen LogP contribution in [0.5, 0.6) is 0 Å². The van der Waals surface area contributed by atoms with Crippen LogP contribution in [-0.4, -0.2) is 37.1 Å². The maximum absolute atomic E-state index is 3.56. The number of hydrogen-bond donors (Lipinski definition) is 1. The minimum atomic E-state index is 0.727. The first-order valence-electron chi connectivity index (χ1n) is 6.24. The van der Waals surface area contributed by atoms with Gasteiger partial charge in [-0.3, -0.25) is 0 Å². The van der Waals surface area contributed by atoms with Gasteiger partial charge in [0.05, 0.1) is 0 Å². The average molecular weight is 200 g/mol. The highest BCUT2D eigenvalue weighted by Crippen LogP contribution is 2.03. The van der Waals surface area contributed by atoms with Crippen molar-refractivity contribution < 1.29 is 0 Å². The van der Waals surface area contributed by atoms with Crippen LogP contribution in [0.4, 0.5) is 0 Å². The lowest BCUT2D eigenvalue weighted by atomic mass is 10.1. The molecule has 0 amide bonds.